The second kappa shape index (κ2) is 6.06. The van der Waals surface area contributed by atoms with Crippen molar-refractivity contribution in [1.29, 1.82) is 0 Å². The molecule has 0 aliphatic rings. The normalized spacial score (nSPS) is 10.2. The van der Waals surface area contributed by atoms with Crippen LogP contribution in [0.4, 0.5) is 5.69 Å². The fraction of sp³-hybridized carbons (Fsp3) is 0.200. The SMILES string of the molecule is COCCNc1ccc(-c2c[c]ccc2)cc1. The van der Waals surface area contributed by atoms with Gasteiger partial charge >= 0.3 is 0 Å². The predicted molar refractivity (Wildman–Crippen MR) is 71.1 cm³/mol. The summed E-state index contributed by atoms with van der Waals surface area (Å²) in [6.07, 6.45) is 0. The molecule has 2 aromatic rings. The van der Waals surface area contributed by atoms with Gasteiger partial charge in [-0.1, -0.05) is 30.3 Å². The minimum Gasteiger partial charge on any atom is -0.383 e. The Kier molecular flexibility index (Phi) is 4.17. The van der Waals surface area contributed by atoms with E-state index in [1.165, 1.54) is 11.1 Å². The van der Waals surface area contributed by atoms with Gasteiger partial charge in [0.2, 0.25) is 0 Å². The molecule has 0 bridgehead atoms. The van der Waals surface area contributed by atoms with Crippen molar-refractivity contribution in [3.05, 3.63) is 54.6 Å². The molecule has 0 atom stereocenters. The lowest BCUT2D eigenvalue weighted by atomic mass is 10.1. The molecule has 0 fully saturated rings. The zero-order chi connectivity index (χ0) is 11.9. The molecule has 0 unspecified atom stereocenters. The van der Waals surface area contributed by atoms with Gasteiger partial charge in [0.25, 0.3) is 0 Å². The Morgan fingerprint density at radius 1 is 1.12 bits per heavy atom. The van der Waals surface area contributed by atoms with Gasteiger partial charge in [0.05, 0.1) is 6.61 Å². The molecule has 0 saturated heterocycles. The lowest BCUT2D eigenvalue weighted by Gasteiger charge is -2.07. The van der Waals surface area contributed by atoms with Crippen molar-refractivity contribution >= 4 is 5.69 Å². The van der Waals surface area contributed by atoms with Gasteiger partial charge in [0, 0.05) is 19.3 Å². The Balaban J connectivity index is 2.03. The van der Waals surface area contributed by atoms with Gasteiger partial charge in [-0.05, 0) is 35.4 Å². The van der Waals surface area contributed by atoms with E-state index in [1.54, 1.807) is 7.11 Å². The molecule has 0 aliphatic heterocycles. The summed E-state index contributed by atoms with van der Waals surface area (Å²) in [5.41, 5.74) is 3.51. The largest absolute Gasteiger partial charge is 0.383 e. The van der Waals surface area contributed by atoms with E-state index in [0.717, 1.165) is 18.8 Å². The smallest absolute Gasteiger partial charge is 0.0635 e. The Morgan fingerprint density at radius 3 is 2.59 bits per heavy atom. The Bertz CT molecular complexity index is 436. The number of nitrogens with one attached hydrogen (secondary N) is 1. The van der Waals surface area contributed by atoms with Gasteiger partial charge in [0.15, 0.2) is 0 Å². The summed E-state index contributed by atoms with van der Waals surface area (Å²) >= 11 is 0. The topological polar surface area (TPSA) is 21.3 Å². The second-order valence-electron chi connectivity index (χ2n) is 3.79. The first-order valence-electron chi connectivity index (χ1n) is 5.69. The summed E-state index contributed by atoms with van der Waals surface area (Å²) in [5, 5.41) is 3.29. The summed E-state index contributed by atoms with van der Waals surface area (Å²) in [7, 11) is 1.71. The molecule has 0 amide bonds. The van der Waals surface area contributed by atoms with Crippen LogP contribution in [0.2, 0.25) is 0 Å². The Labute approximate surface area is 102 Å². The maximum absolute atomic E-state index is 4.99. The number of methoxy groups -OCH3 is 1. The third-order valence-electron chi connectivity index (χ3n) is 2.56. The molecule has 2 rings (SSSR count). The van der Waals surface area contributed by atoms with Crippen LogP contribution in [0.3, 0.4) is 0 Å². The Hall–Kier alpha value is -1.80. The lowest BCUT2D eigenvalue weighted by molar-refractivity contribution is 0.211. The molecule has 0 spiro atoms. The number of benzene rings is 2. The molecular formula is C15H16NO. The fourth-order valence-corrected chi connectivity index (χ4v) is 1.65. The highest BCUT2D eigenvalue weighted by molar-refractivity contribution is 5.65. The first kappa shape index (κ1) is 11.7. The maximum atomic E-state index is 4.99. The first-order valence-corrected chi connectivity index (χ1v) is 5.69. The summed E-state index contributed by atoms with van der Waals surface area (Å²) < 4.78 is 4.99. The van der Waals surface area contributed by atoms with Gasteiger partial charge in [-0.25, -0.2) is 0 Å². The van der Waals surface area contributed by atoms with Crippen molar-refractivity contribution < 1.29 is 4.74 Å². The standard InChI is InChI=1S/C15H16NO/c1-17-12-11-16-15-9-7-14(8-10-15)13-5-3-2-4-6-13/h2-3,5-10,16H,11-12H2,1H3. The van der Waals surface area contributed by atoms with Gasteiger partial charge < -0.3 is 10.1 Å². The third kappa shape index (κ3) is 3.33. The number of ether oxygens (including phenoxy) is 1. The molecule has 0 aromatic heterocycles. The summed E-state index contributed by atoms with van der Waals surface area (Å²) in [5.74, 6) is 0. The lowest BCUT2D eigenvalue weighted by Crippen LogP contribution is -2.07. The maximum Gasteiger partial charge on any atom is 0.0635 e. The van der Waals surface area contributed by atoms with Gasteiger partial charge in [0.1, 0.15) is 0 Å². The van der Waals surface area contributed by atoms with Crippen LogP contribution in [0.25, 0.3) is 11.1 Å². The third-order valence-corrected chi connectivity index (χ3v) is 2.56. The van der Waals surface area contributed by atoms with Crippen LogP contribution in [0.5, 0.6) is 0 Å². The molecule has 87 valence electrons. The molecule has 2 nitrogen and oxygen atoms in total. The molecule has 2 aromatic carbocycles. The van der Waals surface area contributed by atoms with Crippen molar-refractivity contribution in [3.8, 4) is 11.1 Å². The summed E-state index contributed by atoms with van der Waals surface area (Å²) in [4.78, 5) is 0. The van der Waals surface area contributed by atoms with E-state index in [-0.39, 0.29) is 0 Å². The Morgan fingerprint density at radius 2 is 1.94 bits per heavy atom. The molecule has 1 N–H and O–H groups in total. The van der Waals surface area contributed by atoms with Gasteiger partial charge in [-0.15, -0.1) is 0 Å². The van der Waals surface area contributed by atoms with E-state index in [2.05, 4.69) is 41.7 Å². The molecule has 0 aliphatic carbocycles. The van der Waals surface area contributed by atoms with Crippen LogP contribution < -0.4 is 5.32 Å². The number of hydrogen-bond acceptors (Lipinski definition) is 2. The van der Waals surface area contributed by atoms with Crippen molar-refractivity contribution in [2.75, 3.05) is 25.6 Å². The zero-order valence-corrected chi connectivity index (χ0v) is 9.94. The van der Waals surface area contributed by atoms with Crippen LogP contribution in [0, 0.1) is 6.07 Å². The van der Waals surface area contributed by atoms with E-state index in [4.69, 9.17) is 4.74 Å². The van der Waals surface area contributed by atoms with E-state index >= 15 is 0 Å². The average Bonchev–Trinajstić information content (AvgIpc) is 2.41. The van der Waals surface area contributed by atoms with Gasteiger partial charge in [-0.3, -0.25) is 0 Å². The summed E-state index contributed by atoms with van der Waals surface area (Å²) in [6, 6.07) is 19.5. The van der Waals surface area contributed by atoms with Crippen molar-refractivity contribution in [3.63, 3.8) is 0 Å². The van der Waals surface area contributed by atoms with Crippen LogP contribution in [-0.4, -0.2) is 20.3 Å². The molecule has 2 heteroatoms. The molecule has 0 heterocycles. The van der Waals surface area contributed by atoms with E-state index < -0.39 is 0 Å². The monoisotopic (exact) mass is 226 g/mol. The highest BCUT2D eigenvalue weighted by Crippen LogP contribution is 2.20. The number of rotatable bonds is 5. The molecular weight excluding hydrogens is 210 g/mol. The van der Waals surface area contributed by atoms with E-state index in [9.17, 15) is 0 Å². The second-order valence-corrected chi connectivity index (χ2v) is 3.79. The van der Waals surface area contributed by atoms with Crippen LogP contribution in [0.15, 0.2) is 48.5 Å². The number of hydrogen-bond donors (Lipinski definition) is 1. The van der Waals surface area contributed by atoms with E-state index in [0.29, 0.717) is 0 Å². The first-order chi connectivity index (χ1) is 8.40. The van der Waals surface area contributed by atoms with Crippen LogP contribution in [-0.2, 0) is 4.74 Å². The number of anilines is 1. The molecule has 17 heavy (non-hydrogen) atoms. The highest BCUT2D eigenvalue weighted by atomic mass is 16.5. The summed E-state index contributed by atoms with van der Waals surface area (Å²) in [6.45, 7) is 1.55. The fourth-order valence-electron chi connectivity index (χ4n) is 1.65. The average molecular weight is 226 g/mol. The predicted octanol–water partition coefficient (Wildman–Crippen LogP) is 3.21. The zero-order valence-electron chi connectivity index (χ0n) is 9.94. The van der Waals surface area contributed by atoms with Crippen molar-refractivity contribution in [2.45, 2.75) is 0 Å². The van der Waals surface area contributed by atoms with E-state index in [1.807, 2.05) is 18.2 Å². The molecule has 0 saturated carbocycles. The van der Waals surface area contributed by atoms with Crippen molar-refractivity contribution in [2.24, 2.45) is 0 Å². The van der Waals surface area contributed by atoms with Crippen molar-refractivity contribution in [1.82, 2.24) is 0 Å². The van der Waals surface area contributed by atoms with Gasteiger partial charge in [-0.2, -0.15) is 0 Å². The van der Waals surface area contributed by atoms with Crippen LogP contribution >= 0.6 is 0 Å². The van der Waals surface area contributed by atoms with Crippen LogP contribution in [0.1, 0.15) is 0 Å². The molecule has 1 radical (unpaired) electrons. The minimum atomic E-state index is 0.718. The quantitative estimate of drug-likeness (QED) is 0.790. The minimum absolute atomic E-state index is 0.718. The highest BCUT2D eigenvalue weighted by Gasteiger charge is 1.96.